The van der Waals surface area contributed by atoms with Gasteiger partial charge >= 0.3 is 0 Å². The van der Waals surface area contributed by atoms with E-state index in [-0.39, 0.29) is 0 Å². The van der Waals surface area contributed by atoms with Gasteiger partial charge in [0.2, 0.25) is 0 Å². The van der Waals surface area contributed by atoms with E-state index in [0.29, 0.717) is 0 Å². The third kappa shape index (κ3) is 2.42. The van der Waals surface area contributed by atoms with E-state index in [2.05, 4.69) is 107 Å². The van der Waals surface area contributed by atoms with Crippen LogP contribution in [0.5, 0.6) is 0 Å². The Balaban J connectivity index is 1.68. The first-order chi connectivity index (χ1) is 13.8. The van der Waals surface area contributed by atoms with Gasteiger partial charge in [0, 0.05) is 24.6 Å². The molecule has 1 aromatic heterocycles. The number of thiophene rings is 1. The van der Waals surface area contributed by atoms with Crippen LogP contribution in [0.25, 0.3) is 52.8 Å². The third-order valence-electron chi connectivity index (χ3n) is 5.51. The minimum atomic E-state index is 1.13. The summed E-state index contributed by atoms with van der Waals surface area (Å²) < 4.78 is 3.79. The van der Waals surface area contributed by atoms with Gasteiger partial charge in [0.05, 0.1) is 0 Å². The number of rotatable bonds is 1. The SMILES string of the molecule is Brc1ccc2c(c1)sc1cc(-c3cc4ccccc4c4ccccc34)ccc12. The molecular formula is C26H15BrS. The largest absolute Gasteiger partial charge is 0.135 e. The molecule has 0 N–H and O–H groups in total. The molecule has 0 aliphatic rings. The van der Waals surface area contributed by atoms with Crippen molar-refractivity contribution in [2.75, 3.05) is 0 Å². The summed E-state index contributed by atoms with van der Waals surface area (Å²) in [6, 6.07) is 33.2. The highest BCUT2D eigenvalue weighted by atomic mass is 79.9. The van der Waals surface area contributed by atoms with Gasteiger partial charge in [0.15, 0.2) is 0 Å². The number of hydrogen-bond acceptors (Lipinski definition) is 1. The summed E-state index contributed by atoms with van der Waals surface area (Å²) in [5.41, 5.74) is 2.58. The molecular weight excluding hydrogens is 424 g/mol. The van der Waals surface area contributed by atoms with E-state index >= 15 is 0 Å². The molecule has 28 heavy (non-hydrogen) atoms. The van der Waals surface area contributed by atoms with Gasteiger partial charge in [-0.2, -0.15) is 0 Å². The molecule has 0 amide bonds. The fourth-order valence-electron chi connectivity index (χ4n) is 4.21. The first-order valence-electron chi connectivity index (χ1n) is 9.31. The fraction of sp³-hybridized carbons (Fsp3) is 0. The van der Waals surface area contributed by atoms with E-state index in [1.54, 1.807) is 0 Å². The van der Waals surface area contributed by atoms with E-state index in [1.165, 1.54) is 52.8 Å². The fourth-order valence-corrected chi connectivity index (χ4v) is 5.91. The first-order valence-corrected chi connectivity index (χ1v) is 10.9. The molecule has 132 valence electrons. The van der Waals surface area contributed by atoms with Gasteiger partial charge in [-0.05, 0) is 56.9 Å². The van der Waals surface area contributed by atoms with E-state index in [0.717, 1.165) is 4.47 Å². The van der Waals surface area contributed by atoms with Crippen LogP contribution in [0.1, 0.15) is 0 Å². The molecule has 0 saturated heterocycles. The number of benzene rings is 5. The Morgan fingerprint density at radius 3 is 2.07 bits per heavy atom. The lowest BCUT2D eigenvalue weighted by Gasteiger charge is -2.11. The molecule has 1 heterocycles. The van der Waals surface area contributed by atoms with Crippen molar-refractivity contribution in [1.29, 1.82) is 0 Å². The summed E-state index contributed by atoms with van der Waals surface area (Å²) in [4.78, 5) is 0. The van der Waals surface area contributed by atoms with Crippen LogP contribution in [0.3, 0.4) is 0 Å². The van der Waals surface area contributed by atoms with Crippen LogP contribution in [-0.4, -0.2) is 0 Å². The Kier molecular flexibility index (Phi) is 3.59. The second-order valence-electron chi connectivity index (χ2n) is 7.14. The Hall–Kier alpha value is -2.68. The average molecular weight is 439 g/mol. The summed E-state index contributed by atoms with van der Waals surface area (Å²) in [6.07, 6.45) is 0. The molecule has 6 rings (SSSR count). The highest BCUT2D eigenvalue weighted by molar-refractivity contribution is 9.10. The zero-order valence-electron chi connectivity index (χ0n) is 14.9. The van der Waals surface area contributed by atoms with Crippen molar-refractivity contribution >= 4 is 69.0 Å². The number of fused-ring (bicyclic) bond motifs is 6. The molecule has 0 fully saturated rings. The number of hydrogen-bond donors (Lipinski definition) is 0. The van der Waals surface area contributed by atoms with Crippen LogP contribution in [0.15, 0.2) is 95.5 Å². The molecule has 0 radical (unpaired) electrons. The maximum atomic E-state index is 3.60. The Morgan fingerprint density at radius 1 is 0.536 bits per heavy atom. The normalized spacial score (nSPS) is 11.8. The van der Waals surface area contributed by atoms with Crippen LogP contribution >= 0.6 is 27.3 Å². The van der Waals surface area contributed by atoms with Gasteiger partial charge in [-0.1, -0.05) is 82.7 Å². The summed E-state index contributed by atoms with van der Waals surface area (Å²) in [5.74, 6) is 0. The van der Waals surface area contributed by atoms with Gasteiger partial charge in [0.25, 0.3) is 0 Å². The van der Waals surface area contributed by atoms with E-state index in [4.69, 9.17) is 0 Å². The molecule has 0 bridgehead atoms. The van der Waals surface area contributed by atoms with E-state index < -0.39 is 0 Å². The first kappa shape index (κ1) is 16.3. The van der Waals surface area contributed by atoms with Crippen molar-refractivity contribution in [3.05, 3.63) is 95.5 Å². The third-order valence-corrected chi connectivity index (χ3v) is 7.12. The molecule has 0 spiro atoms. The van der Waals surface area contributed by atoms with Crippen molar-refractivity contribution in [1.82, 2.24) is 0 Å². The van der Waals surface area contributed by atoms with Crippen molar-refractivity contribution in [2.24, 2.45) is 0 Å². The summed E-state index contributed by atoms with van der Waals surface area (Å²) in [7, 11) is 0. The molecule has 0 atom stereocenters. The zero-order chi connectivity index (χ0) is 18.7. The second-order valence-corrected chi connectivity index (χ2v) is 9.14. The Morgan fingerprint density at radius 2 is 1.21 bits per heavy atom. The molecule has 5 aromatic carbocycles. The quantitative estimate of drug-likeness (QED) is 0.225. The standard InChI is InChI=1S/C26H15BrS/c27-18-10-12-23-22-11-9-17(14-25(22)28-26(23)15-18)24-13-16-5-1-2-6-19(16)20-7-3-4-8-21(20)24/h1-15H. The smallest absolute Gasteiger partial charge is 0.0366 e. The Bertz CT molecular complexity index is 1520. The maximum Gasteiger partial charge on any atom is 0.0366 e. The van der Waals surface area contributed by atoms with Gasteiger partial charge in [0.1, 0.15) is 0 Å². The predicted molar refractivity (Wildman–Crippen MR) is 127 cm³/mol. The summed E-state index contributed by atoms with van der Waals surface area (Å²) >= 11 is 5.46. The van der Waals surface area contributed by atoms with Gasteiger partial charge in [-0.3, -0.25) is 0 Å². The maximum absolute atomic E-state index is 3.60. The Labute approximate surface area is 175 Å². The zero-order valence-corrected chi connectivity index (χ0v) is 17.3. The van der Waals surface area contributed by atoms with Crippen LogP contribution in [0.4, 0.5) is 0 Å². The minimum absolute atomic E-state index is 1.13. The summed E-state index contributed by atoms with van der Waals surface area (Å²) in [6.45, 7) is 0. The van der Waals surface area contributed by atoms with Crippen LogP contribution < -0.4 is 0 Å². The molecule has 0 aliphatic carbocycles. The molecule has 0 aliphatic heterocycles. The van der Waals surface area contributed by atoms with E-state index in [9.17, 15) is 0 Å². The lowest BCUT2D eigenvalue weighted by molar-refractivity contribution is 1.72. The van der Waals surface area contributed by atoms with Gasteiger partial charge < -0.3 is 0 Å². The monoisotopic (exact) mass is 438 g/mol. The minimum Gasteiger partial charge on any atom is -0.135 e. The molecule has 2 heteroatoms. The number of halogens is 1. The highest BCUT2D eigenvalue weighted by Crippen LogP contribution is 2.40. The lowest BCUT2D eigenvalue weighted by Crippen LogP contribution is -1.84. The van der Waals surface area contributed by atoms with Gasteiger partial charge in [-0.15, -0.1) is 11.3 Å². The lowest BCUT2D eigenvalue weighted by atomic mass is 9.93. The molecule has 6 aromatic rings. The van der Waals surface area contributed by atoms with Crippen LogP contribution in [0, 0.1) is 0 Å². The van der Waals surface area contributed by atoms with Crippen molar-refractivity contribution in [3.8, 4) is 11.1 Å². The predicted octanol–water partition coefficient (Wildman–Crippen LogP) is 8.79. The average Bonchev–Trinajstić information content (AvgIpc) is 3.09. The van der Waals surface area contributed by atoms with Crippen LogP contribution in [0.2, 0.25) is 0 Å². The van der Waals surface area contributed by atoms with Gasteiger partial charge in [-0.25, -0.2) is 0 Å². The van der Waals surface area contributed by atoms with Crippen molar-refractivity contribution in [3.63, 3.8) is 0 Å². The second kappa shape index (κ2) is 6.16. The van der Waals surface area contributed by atoms with Crippen molar-refractivity contribution < 1.29 is 0 Å². The van der Waals surface area contributed by atoms with Crippen LogP contribution in [-0.2, 0) is 0 Å². The molecule has 0 unspecified atom stereocenters. The molecule has 0 saturated carbocycles. The van der Waals surface area contributed by atoms with E-state index in [1.807, 2.05) is 11.3 Å². The highest BCUT2D eigenvalue weighted by Gasteiger charge is 2.11. The van der Waals surface area contributed by atoms with Crippen molar-refractivity contribution in [2.45, 2.75) is 0 Å². The molecule has 0 nitrogen and oxygen atoms in total. The summed E-state index contributed by atoms with van der Waals surface area (Å²) in [5, 5.41) is 7.89. The topological polar surface area (TPSA) is 0 Å².